The highest BCUT2D eigenvalue weighted by Crippen LogP contribution is 2.19. The van der Waals surface area contributed by atoms with Gasteiger partial charge < -0.3 is 5.73 Å². The van der Waals surface area contributed by atoms with Gasteiger partial charge in [0.25, 0.3) is 5.56 Å². The van der Waals surface area contributed by atoms with Gasteiger partial charge in [0, 0.05) is 12.0 Å². The Balaban J connectivity index is 3.47. The van der Waals surface area contributed by atoms with E-state index in [-0.39, 0.29) is 22.4 Å². The van der Waals surface area contributed by atoms with Crippen LogP contribution in [0.4, 0.5) is 0 Å². The molecule has 0 amide bonds. The average molecular weight is 250 g/mol. The predicted molar refractivity (Wildman–Crippen MR) is 73.1 cm³/mol. The summed E-state index contributed by atoms with van der Waals surface area (Å²) in [5.41, 5.74) is 6.00. The van der Waals surface area contributed by atoms with E-state index in [0.717, 1.165) is 5.69 Å². The Kier molecular flexibility index (Phi) is 3.94. The van der Waals surface area contributed by atoms with Gasteiger partial charge in [-0.1, -0.05) is 34.6 Å². The van der Waals surface area contributed by atoms with Crippen molar-refractivity contribution < 1.29 is 0 Å². The number of nitrogens with two attached hydrogens (primary N) is 1. The van der Waals surface area contributed by atoms with Crippen molar-refractivity contribution in [3.63, 3.8) is 0 Å². The van der Waals surface area contributed by atoms with Gasteiger partial charge in [-0.3, -0.25) is 10.2 Å². The van der Waals surface area contributed by atoms with Gasteiger partial charge >= 0.3 is 0 Å². The number of aromatic nitrogens is 2. The summed E-state index contributed by atoms with van der Waals surface area (Å²) in [6.45, 7) is 10.6. The van der Waals surface area contributed by atoms with E-state index in [2.05, 4.69) is 5.10 Å². The van der Waals surface area contributed by atoms with Gasteiger partial charge in [0.05, 0.1) is 11.3 Å². The van der Waals surface area contributed by atoms with Crippen LogP contribution in [0.25, 0.3) is 0 Å². The Morgan fingerprint density at radius 2 is 2.06 bits per heavy atom. The van der Waals surface area contributed by atoms with E-state index < -0.39 is 0 Å². The highest BCUT2D eigenvalue weighted by Gasteiger charge is 2.20. The molecule has 0 aliphatic heterocycles. The molecule has 0 saturated heterocycles. The second kappa shape index (κ2) is 4.92. The molecule has 100 valence electrons. The zero-order chi connectivity index (χ0) is 14.1. The summed E-state index contributed by atoms with van der Waals surface area (Å²) >= 11 is 0. The summed E-state index contributed by atoms with van der Waals surface area (Å²) in [4.78, 5) is 12.1. The fraction of sp³-hybridized carbons (Fsp3) is 0.615. The first-order valence-corrected chi connectivity index (χ1v) is 6.10. The summed E-state index contributed by atoms with van der Waals surface area (Å²) in [6.07, 6.45) is 0. The molecular weight excluding hydrogens is 228 g/mol. The van der Waals surface area contributed by atoms with Crippen LogP contribution in [0.5, 0.6) is 0 Å². The van der Waals surface area contributed by atoms with Gasteiger partial charge in [0.1, 0.15) is 5.84 Å². The van der Waals surface area contributed by atoms with E-state index in [9.17, 15) is 4.79 Å². The minimum atomic E-state index is -0.288. The van der Waals surface area contributed by atoms with Crippen molar-refractivity contribution in [1.29, 1.82) is 5.41 Å². The van der Waals surface area contributed by atoms with Crippen LogP contribution in [0, 0.1) is 11.3 Å². The molecule has 0 saturated carbocycles. The Hall–Kier alpha value is -1.65. The minimum absolute atomic E-state index is 0.184. The lowest BCUT2D eigenvalue weighted by molar-refractivity contribution is 0.438. The second-order valence-corrected chi connectivity index (χ2v) is 5.99. The molecule has 5 nitrogen and oxygen atoms in total. The maximum absolute atomic E-state index is 12.1. The first-order chi connectivity index (χ1) is 8.12. The molecule has 1 aromatic heterocycles. The number of amidine groups is 1. The van der Waals surface area contributed by atoms with Crippen molar-refractivity contribution >= 4 is 5.84 Å². The largest absolute Gasteiger partial charge is 0.384 e. The van der Waals surface area contributed by atoms with E-state index in [1.54, 1.807) is 6.07 Å². The van der Waals surface area contributed by atoms with Crippen molar-refractivity contribution in [3.05, 3.63) is 27.7 Å². The third-order valence-corrected chi connectivity index (χ3v) is 2.57. The molecule has 18 heavy (non-hydrogen) atoms. The first kappa shape index (κ1) is 14.4. The lowest BCUT2D eigenvalue weighted by Gasteiger charge is -2.20. The Morgan fingerprint density at radius 3 is 2.44 bits per heavy atom. The number of rotatable bonds is 3. The topological polar surface area (TPSA) is 84.8 Å². The third-order valence-electron chi connectivity index (χ3n) is 2.57. The molecule has 0 bridgehead atoms. The van der Waals surface area contributed by atoms with Gasteiger partial charge in [-0.25, -0.2) is 4.68 Å². The predicted octanol–water partition coefficient (Wildman–Crippen LogP) is 1.48. The van der Waals surface area contributed by atoms with Gasteiger partial charge in [0.2, 0.25) is 0 Å². The number of nitrogens with zero attached hydrogens (tertiary/aromatic N) is 2. The fourth-order valence-electron chi connectivity index (χ4n) is 1.57. The van der Waals surface area contributed by atoms with Crippen molar-refractivity contribution in [1.82, 2.24) is 9.78 Å². The van der Waals surface area contributed by atoms with E-state index in [4.69, 9.17) is 11.1 Å². The lowest BCUT2D eigenvalue weighted by Crippen LogP contribution is -2.35. The minimum Gasteiger partial charge on any atom is -0.384 e. The molecule has 3 N–H and O–H groups in total. The highest BCUT2D eigenvalue weighted by molar-refractivity contribution is 5.94. The maximum atomic E-state index is 12.1. The molecule has 5 heteroatoms. The summed E-state index contributed by atoms with van der Waals surface area (Å²) in [5, 5.41) is 11.9. The molecule has 0 spiro atoms. The molecule has 1 heterocycles. The monoisotopic (exact) mass is 250 g/mol. The van der Waals surface area contributed by atoms with Crippen molar-refractivity contribution in [2.75, 3.05) is 0 Å². The Morgan fingerprint density at radius 1 is 1.50 bits per heavy atom. The molecule has 1 rings (SSSR count). The molecule has 0 fully saturated rings. The van der Waals surface area contributed by atoms with E-state index in [1.807, 2.05) is 34.6 Å². The van der Waals surface area contributed by atoms with E-state index in [1.165, 1.54) is 4.68 Å². The highest BCUT2D eigenvalue weighted by atomic mass is 16.1. The zero-order valence-corrected chi connectivity index (χ0v) is 11.7. The van der Waals surface area contributed by atoms with Crippen LogP contribution in [0.3, 0.4) is 0 Å². The smallest absolute Gasteiger partial charge is 0.277 e. The van der Waals surface area contributed by atoms with Gasteiger partial charge in [0.15, 0.2) is 0 Å². The molecule has 0 aliphatic carbocycles. The lowest BCUT2D eigenvalue weighted by atomic mass is 9.91. The standard InChI is InChI=1S/C13H22N4O/c1-8(2)7-17-12(18)9(11(14)15)6-10(16-17)13(3,4)5/h6,8H,7H2,1-5H3,(H3,14,15). The molecular formula is C13H22N4O. The normalized spacial score (nSPS) is 11.9. The van der Waals surface area contributed by atoms with Crippen LogP contribution < -0.4 is 11.3 Å². The summed E-state index contributed by atoms with van der Waals surface area (Å²) < 4.78 is 1.42. The molecule has 0 radical (unpaired) electrons. The van der Waals surface area contributed by atoms with E-state index in [0.29, 0.717) is 12.5 Å². The second-order valence-electron chi connectivity index (χ2n) is 5.99. The van der Waals surface area contributed by atoms with Gasteiger partial charge in [-0.15, -0.1) is 0 Å². The number of nitrogens with one attached hydrogen (secondary N) is 1. The van der Waals surface area contributed by atoms with E-state index >= 15 is 0 Å². The third kappa shape index (κ3) is 3.18. The average Bonchev–Trinajstić information content (AvgIpc) is 2.18. The summed E-state index contributed by atoms with van der Waals surface area (Å²) in [6, 6.07) is 1.63. The zero-order valence-electron chi connectivity index (χ0n) is 11.7. The number of hydrogen-bond acceptors (Lipinski definition) is 3. The van der Waals surface area contributed by atoms with Crippen molar-refractivity contribution in [2.45, 2.75) is 46.6 Å². The molecule has 0 unspecified atom stereocenters. The summed E-state index contributed by atoms with van der Waals surface area (Å²) in [7, 11) is 0. The van der Waals surface area contributed by atoms with Crippen LogP contribution in [0.2, 0.25) is 0 Å². The number of hydrogen-bond donors (Lipinski definition) is 2. The van der Waals surface area contributed by atoms with Crippen LogP contribution in [0.15, 0.2) is 10.9 Å². The first-order valence-electron chi connectivity index (χ1n) is 6.10. The van der Waals surface area contributed by atoms with Crippen molar-refractivity contribution in [3.8, 4) is 0 Å². The van der Waals surface area contributed by atoms with Gasteiger partial charge in [-0.2, -0.15) is 5.10 Å². The summed E-state index contributed by atoms with van der Waals surface area (Å²) in [5.74, 6) is 0.107. The molecule has 1 aromatic rings. The molecule has 0 aromatic carbocycles. The van der Waals surface area contributed by atoms with Crippen LogP contribution >= 0.6 is 0 Å². The molecule has 0 aliphatic rings. The van der Waals surface area contributed by atoms with Gasteiger partial charge in [-0.05, 0) is 12.0 Å². The van der Waals surface area contributed by atoms with Crippen molar-refractivity contribution in [2.24, 2.45) is 11.7 Å². The molecule has 0 atom stereocenters. The maximum Gasteiger partial charge on any atom is 0.277 e. The number of nitrogen functional groups attached to an aromatic ring is 1. The van der Waals surface area contributed by atoms with Crippen LogP contribution in [0.1, 0.15) is 45.9 Å². The SMILES string of the molecule is CC(C)Cn1nc(C(C)(C)C)cc(C(=N)N)c1=O. The Labute approximate surface area is 108 Å². The van der Waals surface area contributed by atoms with Crippen LogP contribution in [-0.4, -0.2) is 15.6 Å². The van der Waals surface area contributed by atoms with Crippen LogP contribution in [-0.2, 0) is 12.0 Å². The quantitative estimate of drug-likeness (QED) is 0.629. The Bertz CT molecular complexity index is 509. The fourth-order valence-corrected chi connectivity index (χ4v) is 1.57.